The first-order valence-electron chi connectivity index (χ1n) is 8.65. The number of anilines is 1. The summed E-state index contributed by atoms with van der Waals surface area (Å²) in [5, 5.41) is 4.43. The molecule has 0 unspecified atom stereocenters. The van der Waals surface area contributed by atoms with Crippen LogP contribution in [0.15, 0.2) is 35.1 Å². The Bertz CT molecular complexity index is 843. The topological polar surface area (TPSA) is 67.7 Å². The first kappa shape index (κ1) is 18.1. The van der Waals surface area contributed by atoms with Crippen LogP contribution in [0, 0.1) is 0 Å². The lowest BCUT2D eigenvalue weighted by atomic mass is 10.0. The Balaban J connectivity index is 1.76. The third-order valence-electron chi connectivity index (χ3n) is 4.57. The van der Waals surface area contributed by atoms with Crippen molar-refractivity contribution in [3.05, 3.63) is 57.5 Å². The van der Waals surface area contributed by atoms with Crippen molar-refractivity contribution in [1.29, 1.82) is 0 Å². The van der Waals surface area contributed by atoms with Crippen molar-refractivity contribution >= 4 is 11.6 Å². The van der Waals surface area contributed by atoms with E-state index in [1.54, 1.807) is 18.1 Å². The highest BCUT2D eigenvalue weighted by atomic mass is 16.5. The fourth-order valence-corrected chi connectivity index (χ4v) is 3.04. The van der Waals surface area contributed by atoms with Gasteiger partial charge in [0.2, 0.25) is 0 Å². The molecule has 0 N–H and O–H groups in total. The Morgan fingerprint density at radius 3 is 2.65 bits per heavy atom. The lowest BCUT2D eigenvalue weighted by molar-refractivity contribution is 0.0732. The lowest BCUT2D eigenvalue weighted by Crippen LogP contribution is -2.38. The molecule has 0 saturated heterocycles. The fourth-order valence-electron chi connectivity index (χ4n) is 3.04. The van der Waals surface area contributed by atoms with Crippen LogP contribution in [0.1, 0.15) is 21.6 Å². The van der Waals surface area contributed by atoms with E-state index in [1.807, 2.05) is 43.3 Å². The quantitative estimate of drug-likeness (QED) is 0.804. The van der Waals surface area contributed by atoms with Crippen LogP contribution in [-0.4, -0.2) is 54.9 Å². The largest absolute Gasteiger partial charge is 0.383 e. The average molecular weight is 356 g/mol. The van der Waals surface area contributed by atoms with E-state index < -0.39 is 0 Å². The third-order valence-corrected chi connectivity index (χ3v) is 4.57. The zero-order valence-electron chi connectivity index (χ0n) is 15.4. The Labute approximate surface area is 152 Å². The summed E-state index contributed by atoms with van der Waals surface area (Å²) in [7, 11) is 5.52. The van der Waals surface area contributed by atoms with Gasteiger partial charge in [-0.25, -0.2) is 4.68 Å². The highest BCUT2D eigenvalue weighted by Crippen LogP contribution is 2.19. The number of aromatic nitrogens is 2. The monoisotopic (exact) mass is 356 g/mol. The zero-order valence-corrected chi connectivity index (χ0v) is 15.4. The molecule has 2 aromatic rings. The number of benzene rings is 1. The van der Waals surface area contributed by atoms with Gasteiger partial charge in [-0.1, -0.05) is 0 Å². The first-order chi connectivity index (χ1) is 12.5. The molecule has 0 spiro atoms. The van der Waals surface area contributed by atoms with E-state index in [1.165, 1.54) is 4.68 Å². The Hall–Kier alpha value is -2.67. The minimum atomic E-state index is -0.162. The minimum Gasteiger partial charge on any atom is -0.383 e. The summed E-state index contributed by atoms with van der Waals surface area (Å²) < 4.78 is 6.44. The molecule has 2 heterocycles. The summed E-state index contributed by atoms with van der Waals surface area (Å²) in [5.74, 6) is -0.0236. The van der Waals surface area contributed by atoms with Gasteiger partial charge in [-0.3, -0.25) is 9.59 Å². The van der Waals surface area contributed by atoms with Crippen LogP contribution in [0.2, 0.25) is 0 Å². The first-order valence-corrected chi connectivity index (χ1v) is 8.65. The number of carbonyl (C=O) groups excluding carboxylic acids is 1. The molecule has 1 aliphatic heterocycles. The standard InChI is InChI=1S/C19H24N4O3/c1-21(2)16-6-4-14(5-7-16)19(25)22-9-8-17-15(13-22)12-18(24)23(20-17)10-11-26-3/h4-7,12H,8-11,13H2,1-3H3. The van der Waals surface area contributed by atoms with Crippen molar-refractivity contribution in [2.24, 2.45) is 0 Å². The molecule has 1 aliphatic rings. The molecule has 3 rings (SSSR count). The molecule has 26 heavy (non-hydrogen) atoms. The van der Waals surface area contributed by atoms with E-state index in [2.05, 4.69) is 5.10 Å². The van der Waals surface area contributed by atoms with E-state index in [9.17, 15) is 9.59 Å². The van der Waals surface area contributed by atoms with Crippen molar-refractivity contribution in [2.45, 2.75) is 19.5 Å². The molecule has 0 aliphatic carbocycles. The fraction of sp³-hybridized carbons (Fsp3) is 0.421. The molecule has 0 bridgehead atoms. The second kappa shape index (κ2) is 7.70. The number of ether oxygens (including phenoxy) is 1. The minimum absolute atomic E-state index is 0.0236. The smallest absolute Gasteiger partial charge is 0.267 e. The number of amides is 1. The van der Waals surface area contributed by atoms with Gasteiger partial charge >= 0.3 is 0 Å². The summed E-state index contributed by atoms with van der Waals surface area (Å²) in [5.41, 5.74) is 3.25. The van der Waals surface area contributed by atoms with Crippen LogP contribution >= 0.6 is 0 Å². The third kappa shape index (κ3) is 3.77. The van der Waals surface area contributed by atoms with Crippen LogP contribution in [-0.2, 0) is 24.2 Å². The SMILES string of the molecule is COCCn1nc2c(cc1=O)CN(C(=O)c1ccc(N(C)C)cc1)CC2. The van der Waals surface area contributed by atoms with E-state index in [0.29, 0.717) is 38.2 Å². The molecular formula is C19H24N4O3. The van der Waals surface area contributed by atoms with Gasteiger partial charge in [0.15, 0.2) is 0 Å². The van der Waals surface area contributed by atoms with Crippen molar-refractivity contribution < 1.29 is 9.53 Å². The Morgan fingerprint density at radius 1 is 1.27 bits per heavy atom. The summed E-state index contributed by atoms with van der Waals surface area (Å²) in [6, 6.07) is 9.14. The molecule has 0 saturated carbocycles. The van der Waals surface area contributed by atoms with Crippen LogP contribution in [0.5, 0.6) is 0 Å². The number of carbonyl (C=O) groups is 1. The molecule has 1 aromatic heterocycles. The highest BCUT2D eigenvalue weighted by molar-refractivity contribution is 5.94. The number of fused-ring (bicyclic) bond motifs is 1. The van der Waals surface area contributed by atoms with Gasteiger partial charge < -0.3 is 14.5 Å². The van der Waals surface area contributed by atoms with E-state index >= 15 is 0 Å². The van der Waals surface area contributed by atoms with Gasteiger partial charge in [-0.05, 0) is 24.3 Å². The van der Waals surface area contributed by atoms with Gasteiger partial charge in [0.05, 0.1) is 18.8 Å². The lowest BCUT2D eigenvalue weighted by Gasteiger charge is -2.28. The number of rotatable bonds is 5. The van der Waals surface area contributed by atoms with Crippen molar-refractivity contribution in [2.75, 3.05) is 39.3 Å². The van der Waals surface area contributed by atoms with Gasteiger partial charge in [-0.15, -0.1) is 0 Å². The van der Waals surface area contributed by atoms with Crippen LogP contribution in [0.25, 0.3) is 0 Å². The molecule has 138 valence electrons. The molecule has 0 atom stereocenters. The van der Waals surface area contributed by atoms with E-state index in [0.717, 1.165) is 16.9 Å². The second-order valence-electron chi connectivity index (χ2n) is 6.59. The van der Waals surface area contributed by atoms with Gasteiger partial charge in [0.25, 0.3) is 11.5 Å². The maximum atomic E-state index is 12.8. The van der Waals surface area contributed by atoms with Gasteiger partial charge in [0, 0.05) is 63.6 Å². The Kier molecular flexibility index (Phi) is 5.37. The van der Waals surface area contributed by atoms with E-state index in [4.69, 9.17) is 4.74 Å². The van der Waals surface area contributed by atoms with E-state index in [-0.39, 0.29) is 11.5 Å². The highest BCUT2D eigenvalue weighted by Gasteiger charge is 2.23. The average Bonchev–Trinajstić information content (AvgIpc) is 2.65. The predicted octanol–water partition coefficient (Wildman–Crippen LogP) is 1.15. The molecule has 7 heteroatoms. The summed E-state index contributed by atoms with van der Waals surface area (Å²) in [4.78, 5) is 28.7. The molecule has 0 fully saturated rings. The summed E-state index contributed by atoms with van der Waals surface area (Å²) in [6.45, 7) is 1.89. The van der Waals surface area contributed by atoms with Crippen LogP contribution in [0.3, 0.4) is 0 Å². The number of hydrogen-bond donors (Lipinski definition) is 0. The number of nitrogens with zero attached hydrogens (tertiary/aromatic N) is 4. The number of hydrogen-bond acceptors (Lipinski definition) is 5. The molecule has 7 nitrogen and oxygen atoms in total. The Morgan fingerprint density at radius 2 is 2.00 bits per heavy atom. The summed E-state index contributed by atoms with van der Waals surface area (Å²) >= 11 is 0. The van der Waals surface area contributed by atoms with Crippen LogP contribution in [0.4, 0.5) is 5.69 Å². The zero-order chi connectivity index (χ0) is 18.7. The maximum Gasteiger partial charge on any atom is 0.267 e. The second-order valence-corrected chi connectivity index (χ2v) is 6.59. The molecule has 1 aromatic carbocycles. The predicted molar refractivity (Wildman–Crippen MR) is 99.6 cm³/mol. The molecule has 0 radical (unpaired) electrons. The van der Waals surface area contributed by atoms with Crippen molar-refractivity contribution in [1.82, 2.24) is 14.7 Å². The molecular weight excluding hydrogens is 332 g/mol. The maximum absolute atomic E-state index is 12.8. The molecule has 1 amide bonds. The normalized spacial score (nSPS) is 13.4. The van der Waals surface area contributed by atoms with Crippen molar-refractivity contribution in [3.63, 3.8) is 0 Å². The van der Waals surface area contributed by atoms with Crippen LogP contribution < -0.4 is 10.5 Å². The number of methoxy groups -OCH3 is 1. The van der Waals surface area contributed by atoms with Gasteiger partial charge in [-0.2, -0.15) is 5.10 Å². The summed E-state index contributed by atoms with van der Waals surface area (Å²) in [6.07, 6.45) is 0.643. The van der Waals surface area contributed by atoms with Crippen molar-refractivity contribution in [3.8, 4) is 0 Å². The van der Waals surface area contributed by atoms with Gasteiger partial charge in [0.1, 0.15) is 0 Å².